The Morgan fingerprint density at radius 2 is 0.583 bits per heavy atom. The van der Waals surface area contributed by atoms with Gasteiger partial charge in [-0.2, -0.15) is 0 Å². The molecule has 0 saturated carbocycles. The highest BCUT2D eigenvalue weighted by molar-refractivity contribution is 5.23. The Morgan fingerprint density at radius 3 is 0.976 bits per heavy atom. The van der Waals surface area contributed by atoms with Crippen molar-refractivity contribution in [1.29, 1.82) is 0 Å². The standard InChI is InChI=1S/C34H56N8.C34H62N8/c1-11-35-13-3-17-39-19-5-23-41(25-21-37(15-1)31(35)33(39)41)27-29-7-9-30(10-8-29)28-42-24-6-20-40-18-4-14-36-12-2-16-38(22-26-42)32(36)34(40)42;1-11-35-13-25-41(23-5-21-39-19-3-17-37(15-1)27-29-39)31-33-7-9-34(10-8-33)32-42-24-6-22-40-20-4-18-38(28-30-40)16-2-12-36-14-26-42/h7-10,31-34H,1-6,11-28H2;7-10,35-36H,1-6,11-32H2/q+2;. The van der Waals surface area contributed by atoms with Gasteiger partial charge in [0.25, 0.3) is 0 Å². The maximum atomic E-state index is 3.73. The van der Waals surface area contributed by atoms with E-state index in [0.717, 1.165) is 52.4 Å². The summed E-state index contributed by atoms with van der Waals surface area (Å²) in [6, 6.07) is 19.8. The Hall–Kier alpha value is -2.20. The van der Waals surface area contributed by atoms with Crippen molar-refractivity contribution in [2.75, 3.05) is 236 Å². The second-order valence-corrected chi connectivity index (χ2v) is 28.8. The highest BCUT2D eigenvalue weighted by Gasteiger charge is 2.58. The molecule has 16 heteroatoms. The van der Waals surface area contributed by atoms with Crippen LogP contribution < -0.4 is 10.6 Å². The van der Waals surface area contributed by atoms with E-state index in [1.165, 1.54) is 307 Å². The number of rotatable bonds is 8. The number of piperazine rings is 2. The van der Waals surface area contributed by atoms with Crippen LogP contribution in [0.25, 0.3) is 0 Å². The maximum absolute atomic E-state index is 3.73. The summed E-state index contributed by atoms with van der Waals surface area (Å²) in [5.74, 6) is 0. The van der Waals surface area contributed by atoms with Crippen molar-refractivity contribution in [3.8, 4) is 0 Å². The van der Waals surface area contributed by atoms with E-state index in [1.54, 1.807) is 11.1 Å². The lowest BCUT2D eigenvalue weighted by Gasteiger charge is -2.61. The molecule has 2 aromatic carbocycles. The predicted octanol–water partition coefficient (Wildman–Crippen LogP) is 3.96. The molecule has 0 aromatic heterocycles. The minimum absolute atomic E-state index is 0.644. The van der Waals surface area contributed by atoms with Crippen LogP contribution in [0.1, 0.15) is 99.3 Å². The smallest absolute Gasteiger partial charge is 0.175 e. The van der Waals surface area contributed by atoms with E-state index >= 15 is 0 Å². The van der Waals surface area contributed by atoms with E-state index in [-0.39, 0.29) is 0 Å². The van der Waals surface area contributed by atoms with Gasteiger partial charge < -0.3 is 39.2 Å². The Morgan fingerprint density at radius 1 is 0.274 bits per heavy atom. The van der Waals surface area contributed by atoms with Gasteiger partial charge in [0, 0.05) is 168 Å². The summed E-state index contributed by atoms with van der Waals surface area (Å²) in [5.41, 5.74) is 6.09. The average molecular weight is 1160 g/mol. The van der Waals surface area contributed by atoms with Crippen LogP contribution in [0.5, 0.6) is 0 Å². The Kier molecular flexibility index (Phi) is 21.4. The van der Waals surface area contributed by atoms with Crippen LogP contribution in [0, 0.1) is 0 Å². The molecule has 16 nitrogen and oxygen atoms in total. The van der Waals surface area contributed by atoms with Crippen LogP contribution in [0.4, 0.5) is 0 Å². The fraction of sp³-hybridized carbons (Fsp3) is 0.824. The third-order valence-corrected chi connectivity index (χ3v) is 23.2. The maximum Gasteiger partial charge on any atom is 0.175 e. The number of fused-ring (bicyclic) bond motifs is 6. The van der Waals surface area contributed by atoms with Gasteiger partial charge in [-0.15, -0.1) is 0 Å². The second-order valence-electron chi connectivity index (χ2n) is 28.8. The van der Waals surface area contributed by atoms with Crippen molar-refractivity contribution in [2.45, 2.75) is 128 Å². The first-order valence-electron chi connectivity index (χ1n) is 35.6. The molecule has 12 fully saturated rings. The van der Waals surface area contributed by atoms with Gasteiger partial charge in [-0.1, -0.05) is 48.5 Å². The minimum Gasteiger partial charge on any atom is -0.315 e. The fourth-order valence-electron chi connectivity index (χ4n) is 18.9. The topological polar surface area (TPSA) is 62.9 Å². The first-order valence-corrected chi connectivity index (χ1v) is 35.6. The van der Waals surface area contributed by atoms with Crippen LogP contribution in [0.3, 0.4) is 0 Å². The molecule has 12 saturated heterocycles. The SMILES string of the molecule is c1cc(CN2CCCN3CCCN(CCCNCC2)CC3)ccc1CN1CCCN2CCCN(CCCNCC1)CC2.c1cc(C[N+]23CCCN4CCCN5CCCN(CC2)C5C43)ccc1C[N+]12CCCN3CCCN4CCCN(CC1)C4C32. The zero-order valence-corrected chi connectivity index (χ0v) is 53.0. The molecule has 0 amide bonds. The number of benzene rings is 2. The zero-order chi connectivity index (χ0) is 56.4. The van der Waals surface area contributed by atoms with Crippen LogP contribution in [0.2, 0.25) is 0 Å². The number of quaternary nitrogens is 2. The number of hydrogen-bond acceptors (Lipinski definition) is 14. The van der Waals surface area contributed by atoms with Gasteiger partial charge in [-0.25, -0.2) is 0 Å². The number of nitrogens with one attached hydrogen (secondary N) is 2. The monoisotopic (exact) mass is 1160 g/mol. The van der Waals surface area contributed by atoms with Gasteiger partial charge in [-0.05, 0) is 154 Å². The van der Waals surface area contributed by atoms with Crippen molar-refractivity contribution in [2.24, 2.45) is 0 Å². The van der Waals surface area contributed by atoms with E-state index in [2.05, 4.69) is 118 Å². The Balaban J connectivity index is 0.000000157. The zero-order valence-electron chi connectivity index (χ0n) is 53.0. The van der Waals surface area contributed by atoms with Crippen molar-refractivity contribution in [3.05, 3.63) is 70.8 Å². The Labute approximate surface area is 510 Å². The average Bonchev–Trinajstić information content (AvgIpc) is 1.68. The second kappa shape index (κ2) is 29.6. The van der Waals surface area contributed by atoms with E-state index in [1.807, 2.05) is 0 Å². The van der Waals surface area contributed by atoms with Gasteiger partial charge in [0.1, 0.15) is 25.4 Å². The largest absolute Gasteiger partial charge is 0.315 e. The van der Waals surface area contributed by atoms with E-state index in [9.17, 15) is 0 Å². The van der Waals surface area contributed by atoms with Gasteiger partial charge in [0.15, 0.2) is 12.3 Å². The molecule has 2 aromatic rings. The summed E-state index contributed by atoms with van der Waals surface area (Å²) in [4.78, 5) is 33.5. The van der Waals surface area contributed by atoms with E-state index < -0.39 is 0 Å². The summed E-state index contributed by atoms with van der Waals surface area (Å²) in [5, 5.41) is 7.46. The fourth-order valence-corrected chi connectivity index (χ4v) is 18.9. The van der Waals surface area contributed by atoms with E-state index in [0.29, 0.717) is 24.7 Å². The Bertz CT molecular complexity index is 2140. The van der Waals surface area contributed by atoms with Crippen molar-refractivity contribution < 1.29 is 8.97 Å². The first-order chi connectivity index (χ1) is 41.5. The summed E-state index contributed by atoms with van der Waals surface area (Å²) in [6.07, 6.45) is 18.5. The molecule has 84 heavy (non-hydrogen) atoms. The lowest BCUT2D eigenvalue weighted by Crippen LogP contribution is -2.79. The molecule has 12 aliphatic heterocycles. The van der Waals surface area contributed by atoms with Crippen LogP contribution in [-0.2, 0) is 26.2 Å². The normalized spacial score (nSPS) is 36.5. The molecule has 10 atom stereocenters. The molecule has 4 bridgehead atoms. The van der Waals surface area contributed by atoms with Gasteiger partial charge in [-0.3, -0.25) is 39.2 Å². The summed E-state index contributed by atoms with van der Waals surface area (Å²) in [6.45, 7) is 49.9. The van der Waals surface area contributed by atoms with Crippen molar-refractivity contribution in [1.82, 2.24) is 69.4 Å². The molecule has 468 valence electrons. The third-order valence-electron chi connectivity index (χ3n) is 23.2. The quantitative estimate of drug-likeness (QED) is 0.376. The molecule has 10 unspecified atom stereocenters. The third kappa shape index (κ3) is 15.0. The highest BCUT2D eigenvalue weighted by atomic mass is 15.6. The summed E-state index contributed by atoms with van der Waals surface area (Å²) >= 11 is 0. The summed E-state index contributed by atoms with van der Waals surface area (Å²) < 4.78 is 2.61. The van der Waals surface area contributed by atoms with Crippen LogP contribution in [0.15, 0.2) is 48.5 Å². The first kappa shape index (κ1) is 60.7. The van der Waals surface area contributed by atoms with Gasteiger partial charge in [0.05, 0.1) is 26.2 Å². The predicted molar refractivity (Wildman–Crippen MR) is 342 cm³/mol. The molecule has 12 aliphatic rings. The lowest BCUT2D eigenvalue weighted by molar-refractivity contribution is -0.988. The lowest BCUT2D eigenvalue weighted by atomic mass is 9.97. The molecule has 0 radical (unpaired) electrons. The molecule has 0 spiro atoms. The molecule has 14 rings (SSSR count). The van der Waals surface area contributed by atoms with Crippen LogP contribution >= 0.6 is 0 Å². The molecule has 0 aliphatic carbocycles. The minimum atomic E-state index is 0.644. The van der Waals surface area contributed by atoms with E-state index in [4.69, 9.17) is 0 Å². The van der Waals surface area contributed by atoms with Crippen LogP contribution in [-0.4, -0.2) is 328 Å². The molecular formula is C68H118N16+2. The molecular weight excluding hydrogens is 1040 g/mol. The molecule has 2 N–H and O–H groups in total. The van der Waals surface area contributed by atoms with Gasteiger partial charge in [0.2, 0.25) is 0 Å². The van der Waals surface area contributed by atoms with Crippen molar-refractivity contribution in [3.63, 3.8) is 0 Å². The highest BCUT2D eigenvalue weighted by Crippen LogP contribution is 2.41. The summed E-state index contributed by atoms with van der Waals surface area (Å²) in [7, 11) is 0. The van der Waals surface area contributed by atoms with Gasteiger partial charge >= 0.3 is 0 Å². The number of nitrogens with zero attached hydrogens (tertiary/aromatic N) is 14. The van der Waals surface area contributed by atoms with Crippen molar-refractivity contribution >= 4 is 0 Å². The number of hydrogen-bond donors (Lipinski definition) is 2. The molecule has 12 heterocycles.